The van der Waals surface area contributed by atoms with Gasteiger partial charge < -0.3 is 9.13 Å². The molecule has 4 nitrogen and oxygen atoms in total. The number of benzene rings is 7. The van der Waals surface area contributed by atoms with E-state index in [1.807, 2.05) is 38.1 Å². The monoisotopic (exact) mass is 748 g/mol. The van der Waals surface area contributed by atoms with Crippen LogP contribution in [0.3, 0.4) is 0 Å². The average molecular weight is 749 g/mol. The van der Waals surface area contributed by atoms with E-state index in [1.54, 1.807) is 12.2 Å². The Hall–Kier alpha value is -7.56. The van der Waals surface area contributed by atoms with Crippen LogP contribution < -0.4 is 0 Å². The Morgan fingerprint density at radius 1 is 0.414 bits per heavy atom. The van der Waals surface area contributed by atoms with Gasteiger partial charge in [0.05, 0.1) is 39.1 Å². The largest absolute Gasteiger partial charge is 0.309 e. The summed E-state index contributed by atoms with van der Waals surface area (Å²) in [5, 5.41) is 4.90. The fourth-order valence-corrected chi connectivity index (χ4v) is 7.50. The summed E-state index contributed by atoms with van der Waals surface area (Å²) in [5.41, 5.74) is 11.6. The summed E-state index contributed by atoms with van der Waals surface area (Å²) in [4.78, 5) is 10.5. The van der Waals surface area contributed by atoms with Gasteiger partial charge in [-0.15, -0.1) is 0 Å². The maximum atomic E-state index is 5.23. The van der Waals surface area contributed by atoms with E-state index in [0.717, 1.165) is 50.5 Å². The fraction of sp³-hybridized carbons (Fsp3) is 0.0370. The SMILES string of the molecule is C/C=C\C.C=CC=C.c1ccc(-c2cc(-c3ccccc3)nc(-c3ccccc3-n3c4ccccc4c4ccc(-n5c6ccccc6c6ccccc65)cc43)n2)cc1. The predicted molar refractivity (Wildman–Crippen MR) is 248 cm³/mol. The number of para-hydroxylation sites is 4. The van der Waals surface area contributed by atoms with E-state index in [9.17, 15) is 0 Å². The number of hydrogen-bond donors (Lipinski definition) is 0. The van der Waals surface area contributed by atoms with E-state index in [4.69, 9.17) is 9.97 Å². The summed E-state index contributed by atoms with van der Waals surface area (Å²) >= 11 is 0. The van der Waals surface area contributed by atoms with Crippen molar-refractivity contribution in [2.24, 2.45) is 0 Å². The molecule has 0 spiro atoms. The van der Waals surface area contributed by atoms with Gasteiger partial charge in [-0.1, -0.05) is 171 Å². The number of allylic oxidation sites excluding steroid dienone is 4. The summed E-state index contributed by atoms with van der Waals surface area (Å²) in [6.07, 6.45) is 7.28. The first-order valence-electron chi connectivity index (χ1n) is 19.6. The minimum atomic E-state index is 0.685. The number of rotatable bonds is 6. The van der Waals surface area contributed by atoms with Crippen LogP contribution in [0.15, 0.2) is 219 Å². The highest BCUT2D eigenvalue weighted by Gasteiger charge is 2.20. The molecule has 0 fully saturated rings. The van der Waals surface area contributed by atoms with Crippen molar-refractivity contribution in [3.63, 3.8) is 0 Å². The molecule has 7 aromatic carbocycles. The molecule has 10 aromatic rings. The molecule has 0 unspecified atom stereocenters. The molecular weight excluding hydrogens is 705 g/mol. The Balaban J connectivity index is 0.000000541. The van der Waals surface area contributed by atoms with Crippen LogP contribution in [0.4, 0.5) is 0 Å². The molecule has 280 valence electrons. The molecular formula is C54H44N4. The van der Waals surface area contributed by atoms with Gasteiger partial charge >= 0.3 is 0 Å². The molecule has 0 bridgehead atoms. The van der Waals surface area contributed by atoms with Crippen LogP contribution in [0.5, 0.6) is 0 Å². The first-order chi connectivity index (χ1) is 28.6. The van der Waals surface area contributed by atoms with Gasteiger partial charge in [0.1, 0.15) is 0 Å². The Kier molecular flexibility index (Phi) is 11.0. The van der Waals surface area contributed by atoms with Crippen molar-refractivity contribution < 1.29 is 0 Å². The molecule has 0 saturated heterocycles. The normalized spacial score (nSPS) is 11.0. The van der Waals surface area contributed by atoms with Gasteiger partial charge in [-0.3, -0.25) is 0 Å². The van der Waals surface area contributed by atoms with E-state index in [0.29, 0.717) is 5.82 Å². The van der Waals surface area contributed by atoms with Crippen LogP contribution >= 0.6 is 0 Å². The highest BCUT2D eigenvalue weighted by Crippen LogP contribution is 2.39. The van der Waals surface area contributed by atoms with Crippen LogP contribution in [0.25, 0.3) is 88.9 Å². The number of hydrogen-bond acceptors (Lipinski definition) is 2. The molecule has 58 heavy (non-hydrogen) atoms. The van der Waals surface area contributed by atoms with Crippen LogP contribution in [0.2, 0.25) is 0 Å². The molecule has 3 heterocycles. The Bertz CT molecular complexity index is 2940. The zero-order valence-corrected chi connectivity index (χ0v) is 32.8. The second-order valence-electron chi connectivity index (χ2n) is 13.8. The van der Waals surface area contributed by atoms with Crippen molar-refractivity contribution in [3.8, 4) is 45.3 Å². The average Bonchev–Trinajstić information content (AvgIpc) is 3.82. The maximum absolute atomic E-state index is 5.23. The van der Waals surface area contributed by atoms with E-state index < -0.39 is 0 Å². The van der Waals surface area contributed by atoms with Crippen molar-refractivity contribution in [2.45, 2.75) is 13.8 Å². The number of nitrogens with zero attached hydrogens (tertiary/aromatic N) is 4. The third kappa shape index (κ3) is 7.15. The standard InChI is InChI=1S/C46H30N4.C4H8.C4H6/c1-3-15-31(16-4-1)39-30-40(32-17-5-2-6-18-32)48-46(47-39)38-22-10-14-26-44(38)50-43-25-13-9-21-36(43)37-28-27-33(29-45(37)50)49-41-23-11-7-19-34(41)35-20-8-12-24-42(35)49;2*1-3-4-2/h1-30H;3-4H,1-2H3;3-4H,1-2H2/b;4-3-;. The molecule has 0 aliphatic rings. The summed E-state index contributed by atoms with van der Waals surface area (Å²) in [7, 11) is 0. The van der Waals surface area contributed by atoms with Crippen molar-refractivity contribution >= 4 is 43.6 Å². The second-order valence-corrected chi connectivity index (χ2v) is 13.8. The molecule has 10 rings (SSSR count). The molecule has 0 amide bonds. The summed E-state index contributed by atoms with van der Waals surface area (Å²) in [5.74, 6) is 0.685. The third-order valence-electron chi connectivity index (χ3n) is 10.2. The molecule has 0 aliphatic heterocycles. The first-order valence-corrected chi connectivity index (χ1v) is 19.6. The lowest BCUT2D eigenvalue weighted by molar-refractivity contribution is 1.13. The quantitative estimate of drug-likeness (QED) is 0.125. The van der Waals surface area contributed by atoms with Gasteiger partial charge in [-0.25, -0.2) is 9.97 Å². The Labute approximate surface area is 340 Å². The highest BCUT2D eigenvalue weighted by molar-refractivity contribution is 6.12. The molecule has 0 aliphatic carbocycles. The molecule has 4 heteroatoms. The highest BCUT2D eigenvalue weighted by atomic mass is 15.0. The van der Waals surface area contributed by atoms with Gasteiger partial charge in [0.2, 0.25) is 0 Å². The fourth-order valence-electron chi connectivity index (χ4n) is 7.50. The smallest absolute Gasteiger partial charge is 0.162 e. The van der Waals surface area contributed by atoms with Crippen LogP contribution in [0, 0.1) is 0 Å². The van der Waals surface area contributed by atoms with E-state index in [-0.39, 0.29) is 0 Å². The molecule has 0 radical (unpaired) electrons. The predicted octanol–water partition coefficient (Wildman–Crippen LogP) is 14.6. The Morgan fingerprint density at radius 3 is 1.34 bits per heavy atom. The molecule has 0 saturated carbocycles. The van der Waals surface area contributed by atoms with Gasteiger partial charge in [0.25, 0.3) is 0 Å². The number of fused-ring (bicyclic) bond motifs is 6. The lowest BCUT2D eigenvalue weighted by atomic mass is 10.1. The van der Waals surface area contributed by atoms with Crippen LogP contribution in [-0.2, 0) is 0 Å². The lowest BCUT2D eigenvalue weighted by Gasteiger charge is -2.15. The van der Waals surface area contributed by atoms with E-state index in [1.165, 1.54) is 32.6 Å². The molecule has 0 N–H and O–H groups in total. The minimum absolute atomic E-state index is 0.685. The van der Waals surface area contributed by atoms with Crippen molar-refractivity contribution in [3.05, 3.63) is 219 Å². The Morgan fingerprint density at radius 2 is 0.845 bits per heavy atom. The molecule has 3 aromatic heterocycles. The first kappa shape index (κ1) is 37.4. The third-order valence-corrected chi connectivity index (χ3v) is 10.2. The van der Waals surface area contributed by atoms with Gasteiger partial charge in [-0.2, -0.15) is 0 Å². The van der Waals surface area contributed by atoms with E-state index >= 15 is 0 Å². The second kappa shape index (κ2) is 17.1. The van der Waals surface area contributed by atoms with E-state index in [2.05, 4.69) is 192 Å². The van der Waals surface area contributed by atoms with Crippen molar-refractivity contribution in [1.82, 2.24) is 19.1 Å². The zero-order valence-electron chi connectivity index (χ0n) is 32.8. The topological polar surface area (TPSA) is 35.6 Å². The van der Waals surface area contributed by atoms with Gasteiger partial charge in [-0.05, 0) is 62.4 Å². The zero-order chi connectivity index (χ0) is 39.8. The van der Waals surface area contributed by atoms with Crippen LogP contribution in [-0.4, -0.2) is 19.1 Å². The summed E-state index contributed by atoms with van der Waals surface area (Å²) in [6.45, 7) is 10.7. The van der Waals surface area contributed by atoms with Gasteiger partial charge in [0, 0.05) is 43.9 Å². The van der Waals surface area contributed by atoms with Crippen molar-refractivity contribution in [1.29, 1.82) is 0 Å². The minimum Gasteiger partial charge on any atom is -0.309 e. The molecule has 0 atom stereocenters. The number of aromatic nitrogens is 4. The van der Waals surface area contributed by atoms with Gasteiger partial charge in [0.15, 0.2) is 5.82 Å². The van der Waals surface area contributed by atoms with Crippen LogP contribution in [0.1, 0.15) is 13.8 Å². The van der Waals surface area contributed by atoms with Crippen molar-refractivity contribution in [2.75, 3.05) is 0 Å². The maximum Gasteiger partial charge on any atom is 0.162 e. The lowest BCUT2D eigenvalue weighted by Crippen LogP contribution is -2.02. The summed E-state index contributed by atoms with van der Waals surface area (Å²) < 4.78 is 4.77. The summed E-state index contributed by atoms with van der Waals surface area (Å²) in [6, 6.07) is 64.2.